The van der Waals surface area contributed by atoms with Crippen LogP contribution >= 0.6 is 15.9 Å². The molecule has 0 radical (unpaired) electrons. The summed E-state index contributed by atoms with van der Waals surface area (Å²) in [7, 11) is -3.68. The first kappa shape index (κ1) is 17.5. The van der Waals surface area contributed by atoms with Crippen molar-refractivity contribution in [1.29, 1.82) is 0 Å². The maximum atomic E-state index is 12.8. The van der Waals surface area contributed by atoms with Crippen LogP contribution in [0.3, 0.4) is 0 Å². The zero-order chi connectivity index (χ0) is 18.5. The molecule has 2 aliphatic rings. The first-order chi connectivity index (χ1) is 12.3. The van der Waals surface area contributed by atoms with E-state index in [0.717, 1.165) is 34.1 Å². The standard InChI is InChI=1S/C19H19BrN2O3S/c1-12-10-15(20)4-6-17(12)21-26(24,25)16-5-7-18-14(11-16)8-9-22(18)19(23)13-2-3-13/h4-7,10-11,13,21H,2-3,8-9H2,1H3. The van der Waals surface area contributed by atoms with Crippen LogP contribution in [0.5, 0.6) is 0 Å². The number of benzene rings is 2. The van der Waals surface area contributed by atoms with Crippen molar-refractivity contribution in [2.75, 3.05) is 16.2 Å². The summed E-state index contributed by atoms with van der Waals surface area (Å²) in [6.45, 7) is 2.49. The largest absolute Gasteiger partial charge is 0.312 e. The van der Waals surface area contributed by atoms with Crippen molar-refractivity contribution < 1.29 is 13.2 Å². The van der Waals surface area contributed by atoms with Gasteiger partial charge in [-0.3, -0.25) is 9.52 Å². The number of aryl methyl sites for hydroxylation is 1. The van der Waals surface area contributed by atoms with E-state index in [0.29, 0.717) is 18.7 Å². The Labute approximate surface area is 161 Å². The Morgan fingerprint density at radius 1 is 1.19 bits per heavy atom. The molecule has 0 spiro atoms. The average Bonchev–Trinajstić information content (AvgIpc) is 3.36. The molecular formula is C19H19BrN2O3S. The van der Waals surface area contributed by atoms with Crippen LogP contribution in [0.1, 0.15) is 24.0 Å². The summed E-state index contributed by atoms with van der Waals surface area (Å²) >= 11 is 3.38. The minimum atomic E-state index is -3.68. The smallest absolute Gasteiger partial charge is 0.261 e. The predicted octanol–water partition coefficient (Wildman–Crippen LogP) is 3.86. The van der Waals surface area contributed by atoms with E-state index >= 15 is 0 Å². The third-order valence-electron chi connectivity index (χ3n) is 4.88. The van der Waals surface area contributed by atoms with Crippen LogP contribution in [-0.4, -0.2) is 20.9 Å². The molecule has 1 fully saturated rings. The number of hydrogen-bond acceptors (Lipinski definition) is 3. The van der Waals surface area contributed by atoms with E-state index in [-0.39, 0.29) is 16.7 Å². The summed E-state index contributed by atoms with van der Waals surface area (Å²) in [6.07, 6.45) is 2.62. The van der Waals surface area contributed by atoms with E-state index in [1.165, 1.54) is 0 Å². The first-order valence-corrected chi connectivity index (χ1v) is 10.9. The molecule has 1 aliphatic carbocycles. The van der Waals surface area contributed by atoms with Crippen LogP contribution in [0, 0.1) is 12.8 Å². The van der Waals surface area contributed by atoms with E-state index in [1.807, 2.05) is 13.0 Å². The highest BCUT2D eigenvalue weighted by Crippen LogP contribution is 2.37. The maximum absolute atomic E-state index is 12.8. The van der Waals surface area contributed by atoms with Gasteiger partial charge in [-0.2, -0.15) is 0 Å². The third-order valence-corrected chi connectivity index (χ3v) is 6.74. The van der Waals surface area contributed by atoms with Gasteiger partial charge in [-0.1, -0.05) is 15.9 Å². The minimum absolute atomic E-state index is 0.159. The Bertz CT molecular complexity index is 1000. The number of carbonyl (C=O) groups is 1. The van der Waals surface area contributed by atoms with Crippen LogP contribution in [0.4, 0.5) is 11.4 Å². The van der Waals surface area contributed by atoms with Gasteiger partial charge in [-0.25, -0.2) is 8.42 Å². The lowest BCUT2D eigenvalue weighted by atomic mass is 10.2. The Balaban J connectivity index is 1.61. The van der Waals surface area contributed by atoms with Gasteiger partial charge in [0.1, 0.15) is 0 Å². The highest BCUT2D eigenvalue weighted by molar-refractivity contribution is 9.10. The number of nitrogens with one attached hydrogen (secondary N) is 1. The SMILES string of the molecule is Cc1cc(Br)ccc1NS(=O)(=O)c1ccc2c(c1)CCN2C(=O)C1CC1. The Morgan fingerprint density at radius 3 is 2.65 bits per heavy atom. The first-order valence-electron chi connectivity index (χ1n) is 8.58. The van der Waals surface area contributed by atoms with E-state index in [9.17, 15) is 13.2 Å². The summed E-state index contributed by atoms with van der Waals surface area (Å²) in [5.41, 5.74) is 3.15. The van der Waals surface area contributed by atoms with Gasteiger partial charge in [0.2, 0.25) is 5.91 Å². The number of sulfonamides is 1. The lowest BCUT2D eigenvalue weighted by molar-refractivity contribution is -0.119. The molecule has 5 nitrogen and oxygen atoms in total. The fourth-order valence-electron chi connectivity index (χ4n) is 3.27. The lowest BCUT2D eigenvalue weighted by Gasteiger charge is -2.17. The summed E-state index contributed by atoms with van der Waals surface area (Å²) in [4.78, 5) is 14.4. The Hall–Kier alpha value is -1.86. The Morgan fingerprint density at radius 2 is 1.96 bits per heavy atom. The molecule has 1 aliphatic heterocycles. The van der Waals surface area contributed by atoms with Crippen molar-refractivity contribution in [2.24, 2.45) is 5.92 Å². The highest BCUT2D eigenvalue weighted by atomic mass is 79.9. The molecular weight excluding hydrogens is 416 g/mol. The number of hydrogen-bond donors (Lipinski definition) is 1. The molecule has 0 atom stereocenters. The monoisotopic (exact) mass is 434 g/mol. The highest BCUT2D eigenvalue weighted by Gasteiger charge is 2.36. The lowest BCUT2D eigenvalue weighted by Crippen LogP contribution is -2.30. The second kappa shape index (κ2) is 6.39. The average molecular weight is 435 g/mol. The minimum Gasteiger partial charge on any atom is -0.312 e. The molecule has 1 amide bonds. The van der Waals surface area contributed by atoms with Crippen LogP contribution in [0.15, 0.2) is 45.8 Å². The second-order valence-corrected chi connectivity index (χ2v) is 9.47. The molecule has 0 unspecified atom stereocenters. The molecule has 0 bridgehead atoms. The van der Waals surface area contributed by atoms with E-state index in [4.69, 9.17) is 0 Å². The molecule has 0 saturated heterocycles. The number of nitrogens with zero attached hydrogens (tertiary/aromatic N) is 1. The molecule has 1 saturated carbocycles. The van der Waals surface area contributed by atoms with Gasteiger partial charge in [0.25, 0.3) is 10.0 Å². The molecule has 2 aromatic carbocycles. The molecule has 1 N–H and O–H groups in total. The van der Waals surface area contributed by atoms with E-state index < -0.39 is 10.0 Å². The third kappa shape index (κ3) is 3.25. The zero-order valence-corrected chi connectivity index (χ0v) is 16.7. The number of rotatable bonds is 4. The summed E-state index contributed by atoms with van der Waals surface area (Å²) in [5.74, 6) is 0.328. The van der Waals surface area contributed by atoms with Gasteiger partial charge in [-0.05, 0) is 73.7 Å². The topological polar surface area (TPSA) is 66.5 Å². The van der Waals surface area contributed by atoms with Crippen molar-refractivity contribution in [3.8, 4) is 0 Å². The molecule has 136 valence electrons. The van der Waals surface area contributed by atoms with Crippen molar-refractivity contribution in [1.82, 2.24) is 0 Å². The number of amides is 1. The summed E-state index contributed by atoms with van der Waals surface area (Å²) in [6, 6.07) is 10.4. The van der Waals surface area contributed by atoms with E-state index in [1.54, 1.807) is 35.2 Å². The van der Waals surface area contributed by atoms with Crippen LogP contribution in [0.2, 0.25) is 0 Å². The number of carbonyl (C=O) groups excluding carboxylic acids is 1. The summed E-state index contributed by atoms with van der Waals surface area (Å²) in [5, 5.41) is 0. The Kier molecular flexibility index (Phi) is 4.31. The normalized spacial score (nSPS) is 16.5. The summed E-state index contributed by atoms with van der Waals surface area (Å²) < 4.78 is 29.1. The quantitative estimate of drug-likeness (QED) is 0.794. The zero-order valence-electron chi connectivity index (χ0n) is 14.3. The maximum Gasteiger partial charge on any atom is 0.261 e. The van der Waals surface area contributed by atoms with E-state index in [2.05, 4.69) is 20.7 Å². The van der Waals surface area contributed by atoms with Crippen molar-refractivity contribution in [2.45, 2.75) is 31.1 Å². The second-order valence-electron chi connectivity index (χ2n) is 6.87. The van der Waals surface area contributed by atoms with Gasteiger partial charge in [-0.15, -0.1) is 0 Å². The fraction of sp³-hybridized carbons (Fsp3) is 0.316. The number of anilines is 2. The van der Waals surface area contributed by atoms with Crippen molar-refractivity contribution in [3.05, 3.63) is 52.0 Å². The molecule has 1 heterocycles. The molecule has 4 rings (SSSR count). The fourth-order valence-corrected chi connectivity index (χ4v) is 4.93. The van der Waals surface area contributed by atoms with Crippen molar-refractivity contribution in [3.63, 3.8) is 0 Å². The van der Waals surface area contributed by atoms with Gasteiger partial charge < -0.3 is 4.90 Å². The van der Waals surface area contributed by atoms with Crippen molar-refractivity contribution >= 4 is 43.2 Å². The van der Waals surface area contributed by atoms with Crippen LogP contribution in [-0.2, 0) is 21.2 Å². The number of halogens is 1. The van der Waals surface area contributed by atoms with Crippen LogP contribution in [0.25, 0.3) is 0 Å². The molecule has 26 heavy (non-hydrogen) atoms. The van der Waals surface area contributed by atoms with Gasteiger partial charge in [0.05, 0.1) is 10.6 Å². The van der Waals surface area contributed by atoms with Gasteiger partial charge in [0.15, 0.2) is 0 Å². The molecule has 0 aromatic heterocycles. The van der Waals surface area contributed by atoms with Gasteiger partial charge >= 0.3 is 0 Å². The van der Waals surface area contributed by atoms with Crippen LogP contribution < -0.4 is 9.62 Å². The number of fused-ring (bicyclic) bond motifs is 1. The van der Waals surface area contributed by atoms with Gasteiger partial charge in [0, 0.05) is 22.6 Å². The molecule has 7 heteroatoms. The predicted molar refractivity (Wildman–Crippen MR) is 105 cm³/mol. The molecule has 2 aromatic rings.